The zero-order chi connectivity index (χ0) is 20.1. The Morgan fingerprint density at radius 3 is 2.03 bits per heavy atom. The van der Waals surface area contributed by atoms with Crippen molar-refractivity contribution in [2.75, 3.05) is 26.2 Å². The molecule has 1 aliphatic rings. The number of nitrogens with zero attached hydrogens (tertiary/aromatic N) is 3. The Bertz CT molecular complexity index is 885. The lowest BCUT2D eigenvalue weighted by atomic mass is 9.90. The predicted molar refractivity (Wildman–Crippen MR) is 113 cm³/mol. The minimum atomic E-state index is -0.345. The molecule has 2 heterocycles. The van der Waals surface area contributed by atoms with Crippen LogP contribution in [-0.4, -0.2) is 46.6 Å². The maximum atomic E-state index is 13.5. The van der Waals surface area contributed by atoms with Gasteiger partial charge in [0.25, 0.3) is 0 Å². The van der Waals surface area contributed by atoms with Gasteiger partial charge in [0.05, 0.1) is 32.1 Å². The summed E-state index contributed by atoms with van der Waals surface area (Å²) in [4.78, 5) is 19.4. The first-order valence-electron chi connectivity index (χ1n) is 9.99. The number of hydrogen-bond acceptors (Lipinski definition) is 3. The molecule has 0 saturated carbocycles. The summed E-state index contributed by atoms with van der Waals surface area (Å²) in [6.45, 7) is 2.14. The predicted octanol–water partition coefficient (Wildman–Crippen LogP) is 3.57. The summed E-state index contributed by atoms with van der Waals surface area (Å²) in [6, 6.07) is 23.5. The third-order valence-electron chi connectivity index (χ3n) is 5.57. The third-order valence-corrected chi connectivity index (χ3v) is 5.57. The van der Waals surface area contributed by atoms with Gasteiger partial charge in [-0.15, -0.1) is 0 Å². The highest BCUT2D eigenvalue weighted by atomic mass is 16.5. The molecule has 148 valence electrons. The van der Waals surface area contributed by atoms with E-state index in [0.717, 1.165) is 16.7 Å². The second-order valence-corrected chi connectivity index (χ2v) is 7.60. The monoisotopic (exact) mass is 387 g/mol. The number of hydroxylamine groups is 3. The molecule has 1 fully saturated rings. The maximum absolute atomic E-state index is 13.5. The number of piperazine rings is 1. The van der Waals surface area contributed by atoms with E-state index >= 15 is 0 Å². The summed E-state index contributed by atoms with van der Waals surface area (Å²) >= 11 is 0. The Morgan fingerprint density at radius 2 is 1.52 bits per heavy atom. The van der Waals surface area contributed by atoms with Crippen LogP contribution in [0.25, 0.3) is 0 Å². The fraction of sp³-hybridized carbons (Fsp3) is 0.250. The number of hydrogen-bond donors (Lipinski definition) is 0. The number of carbonyl (C=O) groups excluding carboxylic acids is 1. The van der Waals surface area contributed by atoms with Crippen molar-refractivity contribution in [3.05, 3.63) is 107 Å². The van der Waals surface area contributed by atoms with Gasteiger partial charge >= 0.3 is 0 Å². The van der Waals surface area contributed by atoms with Crippen molar-refractivity contribution in [1.82, 2.24) is 9.88 Å². The highest BCUT2D eigenvalue weighted by molar-refractivity contribution is 5.87. The van der Waals surface area contributed by atoms with E-state index in [2.05, 4.69) is 4.98 Å². The summed E-state index contributed by atoms with van der Waals surface area (Å²) in [7, 11) is 0. The average Bonchev–Trinajstić information content (AvgIpc) is 2.76. The molecule has 0 aliphatic carbocycles. The number of carbonyl (C=O) groups is 1. The van der Waals surface area contributed by atoms with Crippen LogP contribution in [0.2, 0.25) is 0 Å². The molecule has 1 amide bonds. The smallest absolute Gasteiger partial charge is 0.234 e. The van der Waals surface area contributed by atoms with Crippen LogP contribution in [-0.2, 0) is 11.3 Å². The lowest BCUT2D eigenvalue weighted by Crippen LogP contribution is -2.57. The first-order valence-corrected chi connectivity index (χ1v) is 9.99. The standard InChI is InChI=1S/C24H25N3O2/c28-24(23(21-9-3-1-4-10-21)22-11-5-2-6-12-22)26-14-16-27(29,17-15-26)19-20-8-7-13-25-18-20/h1-13,18,23H,14-17,19H2. The summed E-state index contributed by atoms with van der Waals surface area (Å²) in [5, 5.41) is 13.1. The van der Waals surface area contributed by atoms with Crippen molar-refractivity contribution in [2.24, 2.45) is 0 Å². The van der Waals surface area contributed by atoms with Crippen LogP contribution >= 0.6 is 0 Å². The molecule has 29 heavy (non-hydrogen) atoms. The summed E-state index contributed by atoms with van der Waals surface area (Å²) in [5.41, 5.74) is 2.90. The van der Waals surface area contributed by atoms with Crippen molar-refractivity contribution in [1.29, 1.82) is 0 Å². The van der Waals surface area contributed by atoms with Gasteiger partial charge in [-0.2, -0.15) is 0 Å². The number of rotatable bonds is 5. The van der Waals surface area contributed by atoms with E-state index in [4.69, 9.17) is 0 Å². The van der Waals surface area contributed by atoms with Crippen molar-refractivity contribution in [3.63, 3.8) is 0 Å². The molecule has 0 radical (unpaired) electrons. The van der Waals surface area contributed by atoms with E-state index in [1.165, 1.54) is 0 Å². The normalized spacial score (nSPS) is 16.0. The molecular formula is C24H25N3O2. The molecular weight excluding hydrogens is 362 g/mol. The van der Waals surface area contributed by atoms with Gasteiger partial charge in [-0.3, -0.25) is 9.78 Å². The maximum Gasteiger partial charge on any atom is 0.234 e. The first kappa shape index (κ1) is 19.3. The van der Waals surface area contributed by atoms with Crippen LogP contribution in [0.5, 0.6) is 0 Å². The number of amides is 1. The van der Waals surface area contributed by atoms with Crippen LogP contribution < -0.4 is 0 Å². The summed E-state index contributed by atoms with van der Waals surface area (Å²) < 4.78 is -0.309. The molecule has 5 nitrogen and oxygen atoms in total. The Labute approximate surface area is 171 Å². The zero-order valence-corrected chi connectivity index (χ0v) is 16.4. The second-order valence-electron chi connectivity index (χ2n) is 7.60. The summed E-state index contributed by atoms with van der Waals surface area (Å²) in [5.74, 6) is -0.280. The zero-order valence-electron chi connectivity index (χ0n) is 16.4. The number of pyridine rings is 1. The van der Waals surface area contributed by atoms with Gasteiger partial charge in [0, 0.05) is 18.0 Å². The number of aromatic nitrogens is 1. The van der Waals surface area contributed by atoms with Gasteiger partial charge in [-0.25, -0.2) is 0 Å². The second kappa shape index (κ2) is 8.55. The van der Waals surface area contributed by atoms with Crippen LogP contribution in [0.1, 0.15) is 22.6 Å². The Morgan fingerprint density at radius 1 is 0.931 bits per heavy atom. The van der Waals surface area contributed by atoms with Crippen LogP contribution in [0.15, 0.2) is 85.2 Å². The van der Waals surface area contributed by atoms with Crippen molar-refractivity contribution in [3.8, 4) is 0 Å². The molecule has 0 atom stereocenters. The highest BCUT2D eigenvalue weighted by Gasteiger charge is 2.33. The average molecular weight is 387 g/mol. The van der Waals surface area contributed by atoms with Crippen LogP contribution in [0.3, 0.4) is 0 Å². The van der Waals surface area contributed by atoms with Crippen molar-refractivity contribution in [2.45, 2.75) is 12.5 Å². The molecule has 1 aromatic heterocycles. The Hall–Kier alpha value is -3.02. The van der Waals surface area contributed by atoms with Crippen LogP contribution in [0.4, 0.5) is 0 Å². The molecule has 1 aliphatic heterocycles. The van der Waals surface area contributed by atoms with Crippen LogP contribution in [0, 0.1) is 5.21 Å². The van der Waals surface area contributed by atoms with E-state index in [9.17, 15) is 10.0 Å². The summed E-state index contributed by atoms with van der Waals surface area (Å²) in [6.07, 6.45) is 3.46. The molecule has 0 unspecified atom stereocenters. The fourth-order valence-electron chi connectivity index (χ4n) is 3.98. The van der Waals surface area contributed by atoms with Gasteiger partial charge in [-0.1, -0.05) is 66.7 Å². The fourth-order valence-corrected chi connectivity index (χ4v) is 3.98. The van der Waals surface area contributed by atoms with Gasteiger partial charge in [0.15, 0.2) is 0 Å². The molecule has 1 saturated heterocycles. The Kier molecular flexibility index (Phi) is 5.69. The van der Waals surface area contributed by atoms with E-state index in [0.29, 0.717) is 32.7 Å². The van der Waals surface area contributed by atoms with E-state index in [1.54, 1.807) is 12.4 Å². The van der Waals surface area contributed by atoms with Crippen molar-refractivity contribution < 1.29 is 9.44 Å². The van der Waals surface area contributed by atoms with E-state index in [-0.39, 0.29) is 16.5 Å². The Balaban J connectivity index is 1.50. The lowest BCUT2D eigenvalue weighted by Gasteiger charge is -2.48. The molecule has 0 spiro atoms. The largest absolute Gasteiger partial charge is 0.632 e. The van der Waals surface area contributed by atoms with Gasteiger partial charge in [-0.05, 0) is 17.2 Å². The molecule has 0 N–H and O–H groups in total. The lowest BCUT2D eigenvalue weighted by molar-refractivity contribution is -0.897. The topological polar surface area (TPSA) is 56.3 Å². The number of quaternary nitrogens is 1. The molecule has 3 aromatic rings. The highest BCUT2D eigenvalue weighted by Crippen LogP contribution is 2.28. The molecule has 4 rings (SSSR count). The molecule has 0 bridgehead atoms. The SMILES string of the molecule is O=C(C(c1ccccc1)c1ccccc1)N1CC[N+]([O-])(Cc2cccnc2)CC1. The van der Waals surface area contributed by atoms with Gasteiger partial charge in [0.1, 0.15) is 6.54 Å². The third kappa shape index (κ3) is 4.53. The quantitative estimate of drug-likeness (QED) is 0.497. The van der Waals surface area contributed by atoms with Gasteiger partial charge < -0.3 is 14.8 Å². The molecule has 2 aromatic carbocycles. The van der Waals surface area contributed by atoms with Gasteiger partial charge in [0.2, 0.25) is 5.91 Å². The number of benzene rings is 2. The minimum Gasteiger partial charge on any atom is -0.632 e. The van der Waals surface area contributed by atoms with E-state index in [1.807, 2.05) is 77.7 Å². The molecule has 5 heteroatoms. The first-order chi connectivity index (χ1) is 14.1. The minimum absolute atomic E-state index is 0.0648. The van der Waals surface area contributed by atoms with Crippen molar-refractivity contribution >= 4 is 5.91 Å². The van der Waals surface area contributed by atoms with E-state index < -0.39 is 0 Å².